The molecule has 0 aliphatic carbocycles. The highest BCUT2D eigenvalue weighted by Crippen LogP contribution is 2.11. The lowest BCUT2D eigenvalue weighted by Crippen LogP contribution is -2.18. The van der Waals surface area contributed by atoms with Gasteiger partial charge in [0.05, 0.1) is 18.3 Å². The fourth-order valence-electron chi connectivity index (χ4n) is 1.44. The Balaban J connectivity index is 2.25. The standard InChI is InChI=1S/C11H14N3/c1-13(2)7-8-14-11-6-4-3-5-10(11)9-12-14/h4-6,9H,7-8H2,1-2H3. The Bertz CT molecular complexity index is 417. The second kappa shape index (κ2) is 3.80. The van der Waals surface area contributed by atoms with E-state index in [1.807, 2.05) is 23.0 Å². The first-order valence-electron chi connectivity index (χ1n) is 4.74. The maximum absolute atomic E-state index is 4.34. The first-order valence-corrected chi connectivity index (χ1v) is 4.74. The molecular formula is C11H14N3. The van der Waals surface area contributed by atoms with Gasteiger partial charge in [-0.3, -0.25) is 4.68 Å². The van der Waals surface area contributed by atoms with Crippen LogP contribution in [0.25, 0.3) is 10.9 Å². The average Bonchev–Trinajstić information content (AvgIpc) is 2.58. The lowest BCUT2D eigenvalue weighted by Gasteiger charge is -2.09. The third-order valence-corrected chi connectivity index (χ3v) is 2.25. The van der Waals surface area contributed by atoms with E-state index in [0.29, 0.717) is 0 Å². The van der Waals surface area contributed by atoms with Crippen LogP contribution in [0.1, 0.15) is 0 Å². The van der Waals surface area contributed by atoms with Crippen LogP contribution in [0.5, 0.6) is 0 Å². The number of fused-ring (bicyclic) bond motifs is 1. The molecule has 14 heavy (non-hydrogen) atoms. The van der Waals surface area contributed by atoms with Crippen LogP contribution >= 0.6 is 0 Å². The topological polar surface area (TPSA) is 21.1 Å². The van der Waals surface area contributed by atoms with Crippen LogP contribution in [0, 0.1) is 6.07 Å². The van der Waals surface area contributed by atoms with Crippen LogP contribution in [0.2, 0.25) is 0 Å². The van der Waals surface area contributed by atoms with Gasteiger partial charge >= 0.3 is 0 Å². The normalized spacial score (nSPS) is 11.4. The van der Waals surface area contributed by atoms with E-state index in [0.717, 1.165) is 18.5 Å². The van der Waals surface area contributed by atoms with Crippen LogP contribution in [0.15, 0.2) is 24.4 Å². The Hall–Kier alpha value is -1.35. The molecule has 2 aromatic rings. The van der Waals surface area contributed by atoms with Gasteiger partial charge in [0.25, 0.3) is 0 Å². The first-order chi connectivity index (χ1) is 6.77. The number of aromatic nitrogens is 2. The molecule has 0 aliphatic rings. The van der Waals surface area contributed by atoms with Gasteiger partial charge < -0.3 is 4.90 Å². The molecule has 3 heteroatoms. The fourth-order valence-corrected chi connectivity index (χ4v) is 1.44. The Morgan fingerprint density at radius 3 is 3.14 bits per heavy atom. The highest BCUT2D eigenvalue weighted by Gasteiger charge is 2.00. The molecule has 73 valence electrons. The zero-order valence-corrected chi connectivity index (χ0v) is 8.57. The molecule has 1 aromatic heterocycles. The van der Waals surface area contributed by atoms with Crippen LogP contribution in [-0.2, 0) is 6.54 Å². The highest BCUT2D eigenvalue weighted by atomic mass is 15.3. The maximum atomic E-state index is 4.34. The number of hydrogen-bond donors (Lipinski definition) is 0. The van der Waals surface area contributed by atoms with E-state index in [-0.39, 0.29) is 0 Å². The maximum Gasteiger partial charge on any atom is 0.0683 e. The molecule has 1 aromatic carbocycles. The third kappa shape index (κ3) is 1.77. The largest absolute Gasteiger partial charge is 0.308 e. The Morgan fingerprint density at radius 2 is 2.36 bits per heavy atom. The average molecular weight is 188 g/mol. The lowest BCUT2D eigenvalue weighted by atomic mass is 10.2. The van der Waals surface area contributed by atoms with Crippen LogP contribution in [0.4, 0.5) is 0 Å². The SMILES string of the molecule is CN(C)CCn1ncc2c[c]ccc21. The molecule has 3 nitrogen and oxygen atoms in total. The van der Waals surface area contributed by atoms with Crippen molar-refractivity contribution in [2.45, 2.75) is 6.54 Å². The van der Waals surface area contributed by atoms with Crippen molar-refractivity contribution in [2.24, 2.45) is 0 Å². The summed E-state index contributed by atoms with van der Waals surface area (Å²) in [5, 5.41) is 5.50. The van der Waals surface area contributed by atoms with Crippen molar-refractivity contribution in [3.63, 3.8) is 0 Å². The van der Waals surface area contributed by atoms with Gasteiger partial charge in [-0.2, -0.15) is 5.10 Å². The van der Waals surface area contributed by atoms with Crippen molar-refractivity contribution in [3.8, 4) is 0 Å². The van der Waals surface area contributed by atoms with E-state index >= 15 is 0 Å². The van der Waals surface area contributed by atoms with E-state index < -0.39 is 0 Å². The highest BCUT2D eigenvalue weighted by molar-refractivity contribution is 5.78. The van der Waals surface area contributed by atoms with E-state index in [4.69, 9.17) is 0 Å². The molecule has 0 saturated carbocycles. The molecule has 1 heterocycles. The van der Waals surface area contributed by atoms with Gasteiger partial charge in [0.2, 0.25) is 0 Å². The quantitative estimate of drug-likeness (QED) is 0.726. The van der Waals surface area contributed by atoms with Crippen molar-refractivity contribution in [1.82, 2.24) is 14.7 Å². The molecule has 2 rings (SSSR count). The van der Waals surface area contributed by atoms with Crippen LogP contribution in [-0.4, -0.2) is 35.3 Å². The summed E-state index contributed by atoms with van der Waals surface area (Å²) in [4.78, 5) is 2.16. The molecular weight excluding hydrogens is 174 g/mol. The molecule has 1 radical (unpaired) electrons. The van der Waals surface area contributed by atoms with Crippen molar-refractivity contribution in [1.29, 1.82) is 0 Å². The predicted molar refractivity (Wildman–Crippen MR) is 57.1 cm³/mol. The second-order valence-electron chi connectivity index (χ2n) is 3.66. The van der Waals surface area contributed by atoms with Gasteiger partial charge in [0.15, 0.2) is 0 Å². The molecule has 0 amide bonds. The van der Waals surface area contributed by atoms with Gasteiger partial charge in [-0.1, -0.05) is 6.07 Å². The number of hydrogen-bond acceptors (Lipinski definition) is 2. The van der Waals surface area contributed by atoms with Gasteiger partial charge in [-0.05, 0) is 32.3 Å². The zero-order valence-electron chi connectivity index (χ0n) is 8.57. The molecule has 0 atom stereocenters. The molecule has 0 spiro atoms. The van der Waals surface area contributed by atoms with Gasteiger partial charge in [-0.15, -0.1) is 0 Å². The second-order valence-corrected chi connectivity index (χ2v) is 3.66. The van der Waals surface area contributed by atoms with E-state index in [9.17, 15) is 0 Å². The summed E-state index contributed by atoms with van der Waals surface area (Å²) in [6, 6.07) is 9.00. The minimum Gasteiger partial charge on any atom is -0.308 e. The van der Waals surface area contributed by atoms with E-state index in [1.54, 1.807) is 0 Å². The smallest absolute Gasteiger partial charge is 0.0683 e. The molecule has 0 aliphatic heterocycles. The van der Waals surface area contributed by atoms with E-state index in [1.165, 1.54) is 5.52 Å². The van der Waals surface area contributed by atoms with Crippen molar-refractivity contribution < 1.29 is 0 Å². The summed E-state index contributed by atoms with van der Waals surface area (Å²) in [5.74, 6) is 0. The fraction of sp³-hybridized carbons (Fsp3) is 0.364. The molecule has 0 N–H and O–H groups in total. The van der Waals surface area contributed by atoms with Gasteiger partial charge in [-0.25, -0.2) is 0 Å². The third-order valence-electron chi connectivity index (χ3n) is 2.25. The van der Waals surface area contributed by atoms with Gasteiger partial charge in [0.1, 0.15) is 0 Å². The zero-order chi connectivity index (χ0) is 9.97. The molecule has 0 fully saturated rings. The summed E-state index contributed by atoms with van der Waals surface area (Å²) in [6.07, 6.45) is 1.89. The lowest BCUT2D eigenvalue weighted by molar-refractivity contribution is 0.377. The summed E-state index contributed by atoms with van der Waals surface area (Å²) in [5.41, 5.74) is 1.19. The number of rotatable bonds is 3. The minimum atomic E-state index is 0.931. The minimum absolute atomic E-state index is 0.931. The Morgan fingerprint density at radius 1 is 1.50 bits per heavy atom. The van der Waals surface area contributed by atoms with Gasteiger partial charge in [0, 0.05) is 11.9 Å². The molecule has 0 unspecified atom stereocenters. The summed E-state index contributed by atoms with van der Waals surface area (Å²) in [6.45, 7) is 1.94. The first kappa shape index (κ1) is 9.21. The van der Waals surface area contributed by atoms with Crippen molar-refractivity contribution in [2.75, 3.05) is 20.6 Å². The van der Waals surface area contributed by atoms with Crippen LogP contribution in [0.3, 0.4) is 0 Å². The monoisotopic (exact) mass is 188 g/mol. The number of likely N-dealkylation sites (N-methyl/N-ethyl adjacent to an activating group) is 1. The predicted octanol–water partition coefficient (Wildman–Crippen LogP) is 1.40. The van der Waals surface area contributed by atoms with E-state index in [2.05, 4.69) is 36.2 Å². The molecule has 0 bridgehead atoms. The summed E-state index contributed by atoms with van der Waals surface area (Å²) >= 11 is 0. The Kier molecular flexibility index (Phi) is 2.50. The summed E-state index contributed by atoms with van der Waals surface area (Å²) in [7, 11) is 4.14. The number of benzene rings is 1. The summed E-state index contributed by atoms with van der Waals surface area (Å²) < 4.78 is 2.03. The Labute approximate surface area is 83.9 Å². The van der Waals surface area contributed by atoms with Crippen molar-refractivity contribution >= 4 is 10.9 Å². The molecule has 0 saturated heterocycles. The van der Waals surface area contributed by atoms with Crippen LogP contribution < -0.4 is 0 Å². The number of nitrogens with zero attached hydrogens (tertiary/aromatic N) is 3. The van der Waals surface area contributed by atoms with Crippen molar-refractivity contribution in [3.05, 3.63) is 30.5 Å².